The molecule has 2 N–H and O–H groups in total. The number of carbonyl (C=O) groups excluding carboxylic acids is 1. The highest BCUT2D eigenvalue weighted by molar-refractivity contribution is 7.92. The van der Waals surface area contributed by atoms with Gasteiger partial charge < -0.3 is 24.3 Å². The molecule has 1 amide bonds. The van der Waals surface area contributed by atoms with E-state index in [-0.39, 0.29) is 16.5 Å². The number of carbonyl (C=O) groups is 1. The first-order chi connectivity index (χ1) is 16.8. The number of anilines is 2. The molecule has 0 aliphatic carbocycles. The van der Waals surface area contributed by atoms with Gasteiger partial charge in [0.2, 0.25) is 0 Å². The summed E-state index contributed by atoms with van der Waals surface area (Å²) in [5.41, 5.74) is 0.672. The van der Waals surface area contributed by atoms with Crippen LogP contribution in [0.25, 0.3) is 0 Å². The first-order valence-electron chi connectivity index (χ1n) is 10.8. The summed E-state index contributed by atoms with van der Waals surface area (Å²) in [6, 6.07) is 17.6. The lowest BCUT2D eigenvalue weighted by Gasteiger charge is -2.18. The molecule has 1 atom stereocenters. The number of hydrogen-bond acceptors (Lipinski definition) is 7. The fourth-order valence-electron chi connectivity index (χ4n) is 3.20. The molecule has 0 spiro atoms. The summed E-state index contributed by atoms with van der Waals surface area (Å²) in [4.78, 5) is 12.7. The van der Waals surface area contributed by atoms with Crippen molar-refractivity contribution in [3.63, 3.8) is 0 Å². The summed E-state index contributed by atoms with van der Waals surface area (Å²) in [6.45, 7) is 1.83. The highest BCUT2D eigenvalue weighted by atomic mass is 32.2. The molecule has 0 aliphatic heterocycles. The third-order valence-electron chi connectivity index (χ3n) is 5.07. The molecule has 0 fully saturated rings. The minimum Gasteiger partial charge on any atom is -0.497 e. The number of rotatable bonds is 11. The first-order valence-corrected chi connectivity index (χ1v) is 12.2. The summed E-state index contributed by atoms with van der Waals surface area (Å²) in [6.07, 6.45) is -0.311. The molecule has 9 nitrogen and oxygen atoms in total. The van der Waals surface area contributed by atoms with Gasteiger partial charge in [-0.3, -0.25) is 9.52 Å². The fraction of sp³-hybridized carbons (Fsp3) is 0.240. The van der Waals surface area contributed by atoms with Crippen LogP contribution in [-0.4, -0.2) is 41.8 Å². The van der Waals surface area contributed by atoms with Gasteiger partial charge in [0.15, 0.2) is 6.10 Å². The second-order valence-electron chi connectivity index (χ2n) is 7.38. The fourth-order valence-corrected chi connectivity index (χ4v) is 4.26. The number of ether oxygens (including phenoxy) is 4. The zero-order valence-electron chi connectivity index (χ0n) is 19.9. The molecular formula is C25H28N2O7S. The zero-order valence-corrected chi connectivity index (χ0v) is 20.7. The number of nitrogens with one attached hydrogen (secondary N) is 2. The van der Waals surface area contributed by atoms with E-state index in [1.165, 1.54) is 44.6 Å². The zero-order chi connectivity index (χ0) is 25.4. The van der Waals surface area contributed by atoms with Gasteiger partial charge in [-0.15, -0.1) is 0 Å². The van der Waals surface area contributed by atoms with Gasteiger partial charge in [-0.2, -0.15) is 0 Å². The molecule has 3 aromatic carbocycles. The lowest BCUT2D eigenvalue weighted by molar-refractivity contribution is -0.122. The Kier molecular flexibility index (Phi) is 8.43. The molecule has 0 aromatic heterocycles. The van der Waals surface area contributed by atoms with Crippen LogP contribution in [0, 0.1) is 0 Å². The van der Waals surface area contributed by atoms with E-state index in [1.807, 2.05) is 6.92 Å². The molecule has 0 unspecified atom stereocenters. The van der Waals surface area contributed by atoms with E-state index in [0.717, 1.165) is 0 Å². The van der Waals surface area contributed by atoms with Crippen LogP contribution in [0.1, 0.15) is 13.3 Å². The molecule has 0 bridgehead atoms. The Hall–Kier alpha value is -3.92. The molecule has 0 saturated heterocycles. The van der Waals surface area contributed by atoms with Crippen LogP contribution in [0.3, 0.4) is 0 Å². The molecule has 3 aromatic rings. The maximum atomic E-state index is 12.9. The topological polar surface area (TPSA) is 112 Å². The average Bonchev–Trinajstić information content (AvgIpc) is 2.87. The van der Waals surface area contributed by atoms with Crippen molar-refractivity contribution in [2.75, 3.05) is 31.4 Å². The Bertz CT molecular complexity index is 1260. The summed E-state index contributed by atoms with van der Waals surface area (Å²) < 4.78 is 49.6. The molecule has 10 heteroatoms. The van der Waals surface area contributed by atoms with Crippen molar-refractivity contribution in [3.8, 4) is 23.0 Å². The Morgan fingerprint density at radius 2 is 1.51 bits per heavy atom. The molecule has 35 heavy (non-hydrogen) atoms. The van der Waals surface area contributed by atoms with Crippen molar-refractivity contribution in [1.29, 1.82) is 0 Å². The maximum Gasteiger partial charge on any atom is 0.265 e. The number of methoxy groups -OCH3 is 3. The van der Waals surface area contributed by atoms with Crippen molar-refractivity contribution in [1.82, 2.24) is 0 Å². The summed E-state index contributed by atoms with van der Waals surface area (Å²) in [5.74, 6) is 1.59. The van der Waals surface area contributed by atoms with Gasteiger partial charge in [0.1, 0.15) is 23.0 Å². The minimum atomic E-state index is -3.92. The highest BCUT2D eigenvalue weighted by Gasteiger charge is 2.20. The Morgan fingerprint density at radius 1 is 0.857 bits per heavy atom. The second-order valence-corrected chi connectivity index (χ2v) is 9.06. The smallest absolute Gasteiger partial charge is 0.265 e. The van der Waals surface area contributed by atoms with E-state index in [0.29, 0.717) is 35.1 Å². The first kappa shape index (κ1) is 25.7. The van der Waals surface area contributed by atoms with Crippen LogP contribution in [0.2, 0.25) is 0 Å². The number of sulfonamides is 1. The lowest BCUT2D eigenvalue weighted by Crippen LogP contribution is -2.32. The Morgan fingerprint density at radius 3 is 2.14 bits per heavy atom. The highest BCUT2D eigenvalue weighted by Crippen LogP contribution is 2.31. The lowest BCUT2D eigenvalue weighted by atomic mass is 10.2. The maximum absolute atomic E-state index is 12.9. The average molecular weight is 501 g/mol. The third kappa shape index (κ3) is 6.57. The largest absolute Gasteiger partial charge is 0.497 e. The van der Waals surface area contributed by atoms with Crippen LogP contribution in [-0.2, 0) is 14.8 Å². The standard InChI is InChI=1S/C25H28N2O7S/c1-5-23(34-20-8-6-7-18(15-20)31-2)25(28)26-17-9-12-21(13-10-17)35(29,30)27-22-16-19(32-3)11-14-24(22)33-4/h6-16,23,27H,5H2,1-4H3,(H,26,28)/t23-/m0/s1. The van der Waals surface area contributed by atoms with Gasteiger partial charge in [0, 0.05) is 17.8 Å². The van der Waals surface area contributed by atoms with Crippen LogP contribution in [0.15, 0.2) is 71.6 Å². The molecule has 186 valence electrons. The summed E-state index contributed by atoms with van der Waals surface area (Å²) in [7, 11) is 0.559. The molecule has 3 rings (SSSR count). The normalized spacial score (nSPS) is 11.8. The van der Waals surface area contributed by atoms with Crippen LogP contribution >= 0.6 is 0 Å². The van der Waals surface area contributed by atoms with Gasteiger partial charge in [0.25, 0.3) is 15.9 Å². The Labute approximate surface area is 205 Å². The van der Waals surface area contributed by atoms with Gasteiger partial charge in [-0.05, 0) is 55.0 Å². The van der Waals surface area contributed by atoms with Crippen molar-refractivity contribution < 1.29 is 32.2 Å². The van der Waals surface area contributed by atoms with E-state index < -0.39 is 16.1 Å². The van der Waals surface area contributed by atoms with E-state index in [2.05, 4.69) is 10.0 Å². The van der Waals surface area contributed by atoms with Gasteiger partial charge >= 0.3 is 0 Å². The van der Waals surface area contributed by atoms with Crippen LogP contribution in [0.4, 0.5) is 11.4 Å². The number of benzene rings is 3. The van der Waals surface area contributed by atoms with E-state index >= 15 is 0 Å². The minimum absolute atomic E-state index is 0.0139. The summed E-state index contributed by atoms with van der Waals surface area (Å²) in [5, 5.41) is 2.76. The molecule has 0 aliphatic rings. The second kappa shape index (κ2) is 11.5. The number of hydrogen-bond donors (Lipinski definition) is 2. The monoisotopic (exact) mass is 500 g/mol. The molecule has 0 radical (unpaired) electrons. The van der Waals surface area contributed by atoms with Gasteiger partial charge in [0.05, 0.1) is 31.9 Å². The molecular weight excluding hydrogens is 472 g/mol. The van der Waals surface area contributed by atoms with Crippen molar-refractivity contribution in [2.24, 2.45) is 0 Å². The van der Waals surface area contributed by atoms with Crippen LogP contribution in [0.5, 0.6) is 23.0 Å². The Balaban J connectivity index is 1.70. The predicted octanol–water partition coefficient (Wildman–Crippen LogP) is 4.31. The molecule has 0 saturated carbocycles. The summed E-state index contributed by atoms with van der Waals surface area (Å²) >= 11 is 0. The van der Waals surface area contributed by atoms with Gasteiger partial charge in [-0.1, -0.05) is 13.0 Å². The predicted molar refractivity (Wildman–Crippen MR) is 133 cm³/mol. The third-order valence-corrected chi connectivity index (χ3v) is 6.45. The van der Waals surface area contributed by atoms with E-state index in [9.17, 15) is 13.2 Å². The van der Waals surface area contributed by atoms with Crippen molar-refractivity contribution in [3.05, 3.63) is 66.7 Å². The number of amides is 1. The van der Waals surface area contributed by atoms with Crippen molar-refractivity contribution in [2.45, 2.75) is 24.3 Å². The van der Waals surface area contributed by atoms with E-state index in [4.69, 9.17) is 18.9 Å². The van der Waals surface area contributed by atoms with Crippen LogP contribution < -0.4 is 29.0 Å². The quantitative estimate of drug-likeness (QED) is 0.403. The van der Waals surface area contributed by atoms with E-state index in [1.54, 1.807) is 43.5 Å². The van der Waals surface area contributed by atoms with Gasteiger partial charge in [-0.25, -0.2) is 8.42 Å². The van der Waals surface area contributed by atoms with Crippen molar-refractivity contribution >= 4 is 27.3 Å². The molecule has 0 heterocycles. The SMILES string of the molecule is CC[C@H](Oc1cccc(OC)c1)C(=O)Nc1ccc(S(=O)(=O)Nc2cc(OC)ccc2OC)cc1.